The number of rotatable bonds is 5. The highest BCUT2D eigenvalue weighted by Crippen LogP contribution is 2.46. The first-order valence-electron chi connectivity index (χ1n) is 6.81. The fourth-order valence-electron chi connectivity index (χ4n) is 2.47. The molecule has 1 aliphatic rings. The lowest BCUT2D eigenvalue weighted by Gasteiger charge is -2.18. The highest BCUT2D eigenvalue weighted by Gasteiger charge is 2.47. The maximum Gasteiger partial charge on any atom is 0.216 e. The predicted octanol–water partition coefficient (Wildman–Crippen LogP) is 3.45. The number of nitrogens with one attached hydrogen (secondary N) is 1. The summed E-state index contributed by atoms with van der Waals surface area (Å²) in [7, 11) is -3.37. The Balaban J connectivity index is 1.77. The highest BCUT2D eigenvalue weighted by atomic mass is 35.5. The molecule has 0 atom stereocenters. The number of benzene rings is 2. The minimum atomic E-state index is -3.37. The summed E-state index contributed by atoms with van der Waals surface area (Å²) in [6.07, 6.45) is 1.64. The van der Waals surface area contributed by atoms with Gasteiger partial charge in [0.05, 0.1) is 11.3 Å². The van der Waals surface area contributed by atoms with E-state index in [1.807, 2.05) is 42.5 Å². The molecule has 1 fully saturated rings. The topological polar surface area (TPSA) is 46.2 Å². The van der Waals surface area contributed by atoms with Gasteiger partial charge in [-0.1, -0.05) is 54.1 Å². The monoisotopic (exact) mass is 321 g/mol. The van der Waals surface area contributed by atoms with Crippen LogP contribution < -0.4 is 4.72 Å². The third kappa shape index (κ3) is 3.46. The predicted molar refractivity (Wildman–Crippen MR) is 84.6 cm³/mol. The first kappa shape index (κ1) is 14.6. The Labute approximate surface area is 130 Å². The lowest BCUT2D eigenvalue weighted by molar-refractivity contribution is 0.551. The maximum absolute atomic E-state index is 12.4. The summed E-state index contributed by atoms with van der Waals surface area (Å²) in [5.74, 6) is 0.00315. The summed E-state index contributed by atoms with van der Waals surface area (Å²) in [5.41, 5.74) is 1.32. The van der Waals surface area contributed by atoms with E-state index in [4.69, 9.17) is 11.6 Å². The Morgan fingerprint density at radius 3 is 2.19 bits per heavy atom. The average Bonchev–Trinajstić information content (AvgIpc) is 3.20. The first-order chi connectivity index (χ1) is 9.99. The van der Waals surface area contributed by atoms with Crippen LogP contribution in [0, 0.1) is 0 Å². The zero-order chi connectivity index (χ0) is 14.9. The average molecular weight is 322 g/mol. The Kier molecular flexibility index (Phi) is 3.78. The Hall–Kier alpha value is -1.36. The second-order valence-corrected chi connectivity index (χ2v) is 7.59. The maximum atomic E-state index is 12.4. The summed E-state index contributed by atoms with van der Waals surface area (Å²) >= 11 is 5.88. The van der Waals surface area contributed by atoms with Crippen LogP contribution in [0.5, 0.6) is 0 Å². The van der Waals surface area contributed by atoms with Gasteiger partial charge in [-0.2, -0.15) is 0 Å². The molecule has 0 aromatic heterocycles. The molecule has 1 N–H and O–H groups in total. The molecule has 1 aliphatic carbocycles. The van der Waals surface area contributed by atoms with Crippen molar-refractivity contribution in [2.24, 2.45) is 0 Å². The molecule has 110 valence electrons. The van der Waals surface area contributed by atoms with E-state index < -0.39 is 15.6 Å². The summed E-state index contributed by atoms with van der Waals surface area (Å²) in [6, 6.07) is 16.6. The van der Waals surface area contributed by atoms with E-state index in [2.05, 4.69) is 4.72 Å². The molecule has 21 heavy (non-hydrogen) atoms. The van der Waals surface area contributed by atoms with Crippen molar-refractivity contribution in [2.45, 2.75) is 24.1 Å². The van der Waals surface area contributed by atoms with E-state index >= 15 is 0 Å². The molecule has 3 nitrogen and oxygen atoms in total. The van der Waals surface area contributed by atoms with Gasteiger partial charge in [-0.15, -0.1) is 0 Å². The van der Waals surface area contributed by atoms with Gasteiger partial charge in [-0.25, -0.2) is 13.1 Å². The molecule has 0 radical (unpaired) electrons. The van der Waals surface area contributed by atoms with Crippen molar-refractivity contribution in [3.63, 3.8) is 0 Å². The van der Waals surface area contributed by atoms with Crippen LogP contribution in [0.4, 0.5) is 0 Å². The lowest BCUT2D eigenvalue weighted by atomic mass is 10.1. The Morgan fingerprint density at radius 1 is 1.00 bits per heavy atom. The van der Waals surface area contributed by atoms with Gasteiger partial charge < -0.3 is 0 Å². The second kappa shape index (κ2) is 5.44. The fourth-order valence-corrected chi connectivity index (χ4v) is 4.22. The minimum Gasteiger partial charge on any atom is -0.212 e. The standard InChI is InChI=1S/C16H16ClNO2S/c17-15-8-6-14(7-9-15)16(10-11-16)18-21(19,20)12-13-4-2-1-3-5-13/h1-9,18H,10-12H2. The van der Waals surface area contributed by atoms with Crippen LogP contribution in [0.2, 0.25) is 5.02 Å². The first-order valence-corrected chi connectivity index (χ1v) is 8.84. The Bertz CT molecular complexity index is 723. The summed E-state index contributed by atoms with van der Waals surface area (Å²) < 4.78 is 27.6. The number of sulfonamides is 1. The molecule has 0 spiro atoms. The number of hydrogen-bond acceptors (Lipinski definition) is 2. The van der Waals surface area contributed by atoms with Gasteiger partial charge in [-0.3, -0.25) is 0 Å². The zero-order valence-electron chi connectivity index (χ0n) is 11.4. The molecule has 2 aromatic rings. The van der Waals surface area contributed by atoms with Crippen molar-refractivity contribution >= 4 is 21.6 Å². The summed E-state index contributed by atoms with van der Waals surface area (Å²) in [4.78, 5) is 0. The summed E-state index contributed by atoms with van der Waals surface area (Å²) in [5, 5.41) is 0.654. The van der Waals surface area contributed by atoms with Gasteiger partial charge in [-0.05, 0) is 36.1 Å². The van der Waals surface area contributed by atoms with Gasteiger partial charge in [0.15, 0.2) is 0 Å². The van der Waals surface area contributed by atoms with E-state index in [1.54, 1.807) is 12.1 Å². The van der Waals surface area contributed by atoms with Crippen LogP contribution in [-0.4, -0.2) is 8.42 Å². The van der Waals surface area contributed by atoms with Crippen molar-refractivity contribution in [2.75, 3.05) is 0 Å². The van der Waals surface area contributed by atoms with Gasteiger partial charge in [0.25, 0.3) is 0 Å². The van der Waals surface area contributed by atoms with E-state index in [0.717, 1.165) is 24.0 Å². The fraction of sp³-hybridized carbons (Fsp3) is 0.250. The molecule has 0 bridgehead atoms. The minimum absolute atomic E-state index is 0.00315. The quantitative estimate of drug-likeness (QED) is 0.916. The molecule has 0 heterocycles. The molecule has 0 aliphatic heterocycles. The number of hydrogen-bond donors (Lipinski definition) is 1. The zero-order valence-corrected chi connectivity index (χ0v) is 13.0. The van der Waals surface area contributed by atoms with Crippen molar-refractivity contribution in [3.8, 4) is 0 Å². The molecule has 5 heteroatoms. The third-order valence-electron chi connectivity index (χ3n) is 3.70. The largest absolute Gasteiger partial charge is 0.216 e. The van der Waals surface area contributed by atoms with Crippen LogP contribution >= 0.6 is 11.6 Å². The van der Waals surface area contributed by atoms with Crippen LogP contribution in [0.3, 0.4) is 0 Å². The van der Waals surface area contributed by atoms with Crippen LogP contribution in [-0.2, 0) is 21.3 Å². The van der Waals surface area contributed by atoms with Crippen molar-refractivity contribution in [1.82, 2.24) is 4.72 Å². The van der Waals surface area contributed by atoms with Gasteiger partial charge in [0.1, 0.15) is 0 Å². The van der Waals surface area contributed by atoms with Crippen LogP contribution in [0.15, 0.2) is 54.6 Å². The van der Waals surface area contributed by atoms with Crippen molar-refractivity contribution in [1.29, 1.82) is 0 Å². The van der Waals surface area contributed by atoms with E-state index in [1.165, 1.54) is 0 Å². The van der Waals surface area contributed by atoms with Crippen molar-refractivity contribution in [3.05, 3.63) is 70.7 Å². The smallest absolute Gasteiger partial charge is 0.212 e. The van der Waals surface area contributed by atoms with E-state index in [-0.39, 0.29) is 5.75 Å². The summed E-state index contributed by atoms with van der Waals surface area (Å²) in [6.45, 7) is 0. The highest BCUT2D eigenvalue weighted by molar-refractivity contribution is 7.88. The SMILES string of the molecule is O=S(=O)(Cc1ccccc1)NC1(c2ccc(Cl)cc2)CC1. The molecule has 0 amide bonds. The third-order valence-corrected chi connectivity index (χ3v) is 5.36. The van der Waals surface area contributed by atoms with Crippen molar-refractivity contribution < 1.29 is 8.42 Å². The lowest BCUT2D eigenvalue weighted by Crippen LogP contribution is -2.35. The van der Waals surface area contributed by atoms with Gasteiger partial charge >= 0.3 is 0 Å². The van der Waals surface area contributed by atoms with Gasteiger partial charge in [0.2, 0.25) is 10.0 Å². The molecule has 3 rings (SSSR count). The number of halogens is 1. The van der Waals surface area contributed by atoms with E-state index in [9.17, 15) is 8.42 Å². The van der Waals surface area contributed by atoms with E-state index in [0.29, 0.717) is 5.02 Å². The molecule has 0 unspecified atom stereocenters. The second-order valence-electron chi connectivity index (χ2n) is 5.44. The van der Waals surface area contributed by atoms with Crippen LogP contribution in [0.25, 0.3) is 0 Å². The molecule has 1 saturated carbocycles. The van der Waals surface area contributed by atoms with Gasteiger partial charge in [0, 0.05) is 5.02 Å². The molecule has 0 saturated heterocycles. The normalized spacial score (nSPS) is 16.6. The molecular weight excluding hydrogens is 306 g/mol. The molecule has 2 aromatic carbocycles. The molecular formula is C16H16ClNO2S. The Morgan fingerprint density at radius 2 is 1.62 bits per heavy atom. The van der Waals surface area contributed by atoms with Crippen LogP contribution in [0.1, 0.15) is 24.0 Å².